The minimum absolute atomic E-state index is 0.143. The van der Waals surface area contributed by atoms with E-state index >= 15 is 0 Å². The molecule has 0 bridgehead atoms. The molecule has 1 N–H and O–H groups in total. The number of aromatic nitrogens is 4. The Morgan fingerprint density at radius 2 is 1.79 bits per heavy atom. The van der Waals surface area contributed by atoms with Gasteiger partial charge in [-0.15, -0.1) is 0 Å². The number of hydrogen-bond acceptors (Lipinski definition) is 5. The predicted molar refractivity (Wildman–Crippen MR) is 108 cm³/mol. The Hall–Kier alpha value is -4.13. The first-order valence-corrected chi connectivity index (χ1v) is 9.00. The molecular formula is C22H17N5O2. The van der Waals surface area contributed by atoms with Gasteiger partial charge in [0.25, 0.3) is 5.91 Å². The molecule has 0 aliphatic heterocycles. The number of carbonyl (C=O) groups excluding carboxylic acids is 2. The Morgan fingerprint density at radius 3 is 2.48 bits per heavy atom. The van der Waals surface area contributed by atoms with E-state index in [1.165, 1.54) is 6.07 Å². The molecule has 7 nitrogen and oxygen atoms in total. The SMILES string of the molecule is O=Cc1cc(C(=O)NCc2ccccc2)nc(-c2ccc(-n3cccn3)cc2)n1. The second kappa shape index (κ2) is 8.26. The van der Waals surface area contributed by atoms with Crippen LogP contribution in [-0.2, 0) is 6.54 Å². The molecule has 0 saturated heterocycles. The van der Waals surface area contributed by atoms with Gasteiger partial charge in [-0.25, -0.2) is 14.6 Å². The summed E-state index contributed by atoms with van der Waals surface area (Å²) >= 11 is 0. The van der Waals surface area contributed by atoms with Crippen molar-refractivity contribution in [3.63, 3.8) is 0 Å². The Kier molecular flexibility index (Phi) is 5.20. The van der Waals surface area contributed by atoms with E-state index < -0.39 is 0 Å². The molecule has 0 spiro atoms. The minimum Gasteiger partial charge on any atom is -0.347 e. The average molecular weight is 383 g/mol. The largest absolute Gasteiger partial charge is 0.347 e. The van der Waals surface area contributed by atoms with Crippen molar-refractivity contribution in [1.29, 1.82) is 0 Å². The van der Waals surface area contributed by atoms with Crippen LogP contribution in [0.3, 0.4) is 0 Å². The van der Waals surface area contributed by atoms with Crippen LogP contribution in [-0.4, -0.2) is 31.9 Å². The number of rotatable bonds is 6. The number of nitrogens with zero attached hydrogens (tertiary/aromatic N) is 4. The molecule has 1 amide bonds. The highest BCUT2D eigenvalue weighted by molar-refractivity contribution is 5.94. The molecule has 0 radical (unpaired) electrons. The molecule has 0 unspecified atom stereocenters. The Morgan fingerprint density at radius 1 is 1.00 bits per heavy atom. The van der Waals surface area contributed by atoms with Crippen molar-refractivity contribution in [1.82, 2.24) is 25.1 Å². The lowest BCUT2D eigenvalue weighted by molar-refractivity contribution is 0.0946. The lowest BCUT2D eigenvalue weighted by Gasteiger charge is -2.08. The smallest absolute Gasteiger partial charge is 0.270 e. The van der Waals surface area contributed by atoms with E-state index in [4.69, 9.17) is 0 Å². The van der Waals surface area contributed by atoms with Gasteiger partial charge in [0.05, 0.1) is 5.69 Å². The molecule has 4 aromatic rings. The van der Waals surface area contributed by atoms with Crippen LogP contribution in [0, 0.1) is 0 Å². The second-order valence-electron chi connectivity index (χ2n) is 6.29. The van der Waals surface area contributed by atoms with E-state index in [9.17, 15) is 9.59 Å². The van der Waals surface area contributed by atoms with Gasteiger partial charge in [-0.1, -0.05) is 30.3 Å². The number of amides is 1. The van der Waals surface area contributed by atoms with Crippen LogP contribution in [0.5, 0.6) is 0 Å². The maximum atomic E-state index is 12.6. The molecule has 0 saturated carbocycles. The highest BCUT2D eigenvalue weighted by Crippen LogP contribution is 2.18. The highest BCUT2D eigenvalue weighted by atomic mass is 16.1. The molecule has 0 fully saturated rings. The number of hydrogen-bond donors (Lipinski definition) is 1. The first kappa shape index (κ1) is 18.2. The first-order valence-electron chi connectivity index (χ1n) is 9.00. The fraction of sp³-hybridized carbons (Fsp3) is 0.0455. The van der Waals surface area contributed by atoms with Gasteiger partial charge in [0, 0.05) is 24.5 Å². The standard InChI is InChI=1S/C22H17N5O2/c28-15-18-13-20(22(29)23-14-16-5-2-1-3-6-16)26-21(25-18)17-7-9-19(10-8-17)27-12-4-11-24-27/h1-13,15H,14H2,(H,23,29). The van der Waals surface area contributed by atoms with Crippen molar-refractivity contribution in [2.75, 3.05) is 0 Å². The summed E-state index contributed by atoms with van der Waals surface area (Å²) in [4.78, 5) is 32.5. The molecule has 0 aliphatic carbocycles. The number of aldehydes is 1. The van der Waals surface area contributed by atoms with Crippen molar-refractivity contribution >= 4 is 12.2 Å². The van der Waals surface area contributed by atoms with E-state index in [0.29, 0.717) is 24.2 Å². The molecule has 2 aromatic carbocycles. The van der Waals surface area contributed by atoms with Gasteiger partial charge in [0.15, 0.2) is 12.1 Å². The van der Waals surface area contributed by atoms with Gasteiger partial charge in [0.1, 0.15) is 11.4 Å². The van der Waals surface area contributed by atoms with Crippen molar-refractivity contribution < 1.29 is 9.59 Å². The third kappa shape index (κ3) is 4.24. The Bertz CT molecular complexity index is 1120. The Labute approximate surface area is 167 Å². The summed E-state index contributed by atoms with van der Waals surface area (Å²) in [6.07, 6.45) is 4.15. The quantitative estimate of drug-likeness (QED) is 0.517. The highest BCUT2D eigenvalue weighted by Gasteiger charge is 2.13. The average Bonchev–Trinajstić information content (AvgIpc) is 3.33. The summed E-state index contributed by atoms with van der Waals surface area (Å²) in [6.45, 7) is 0.369. The van der Waals surface area contributed by atoms with Crippen LogP contribution in [0.4, 0.5) is 0 Å². The van der Waals surface area contributed by atoms with E-state index in [1.54, 1.807) is 10.9 Å². The predicted octanol–water partition coefficient (Wildman–Crippen LogP) is 3.07. The summed E-state index contributed by atoms with van der Waals surface area (Å²) in [5, 5.41) is 7.00. The fourth-order valence-corrected chi connectivity index (χ4v) is 2.83. The van der Waals surface area contributed by atoms with Crippen LogP contribution < -0.4 is 5.32 Å². The van der Waals surface area contributed by atoms with Crippen LogP contribution in [0.15, 0.2) is 79.1 Å². The van der Waals surface area contributed by atoms with Crippen molar-refractivity contribution in [3.8, 4) is 17.1 Å². The Balaban J connectivity index is 1.58. The molecule has 2 heterocycles. The van der Waals surface area contributed by atoms with Crippen LogP contribution in [0.1, 0.15) is 26.5 Å². The third-order valence-electron chi connectivity index (χ3n) is 4.29. The molecule has 142 valence electrons. The minimum atomic E-state index is -0.367. The van der Waals surface area contributed by atoms with Gasteiger partial charge >= 0.3 is 0 Å². The van der Waals surface area contributed by atoms with E-state index in [-0.39, 0.29) is 17.3 Å². The lowest BCUT2D eigenvalue weighted by Crippen LogP contribution is -2.24. The monoisotopic (exact) mass is 383 g/mol. The van der Waals surface area contributed by atoms with Crippen LogP contribution >= 0.6 is 0 Å². The van der Waals surface area contributed by atoms with E-state index in [2.05, 4.69) is 20.4 Å². The van der Waals surface area contributed by atoms with E-state index in [0.717, 1.165) is 11.3 Å². The number of nitrogens with one attached hydrogen (secondary N) is 1. The van der Waals surface area contributed by atoms with Gasteiger partial charge in [0.2, 0.25) is 0 Å². The maximum Gasteiger partial charge on any atom is 0.270 e. The first-order chi connectivity index (χ1) is 14.2. The summed E-state index contributed by atoms with van der Waals surface area (Å²) < 4.78 is 1.73. The molecular weight excluding hydrogens is 366 g/mol. The summed E-state index contributed by atoms with van der Waals surface area (Å²) in [5.41, 5.74) is 2.84. The van der Waals surface area contributed by atoms with E-state index in [1.807, 2.05) is 66.9 Å². The molecule has 0 atom stereocenters. The van der Waals surface area contributed by atoms with Gasteiger partial charge in [-0.3, -0.25) is 9.59 Å². The summed E-state index contributed by atoms with van der Waals surface area (Å²) in [6, 6.07) is 20.2. The summed E-state index contributed by atoms with van der Waals surface area (Å²) in [5.74, 6) is -0.0553. The van der Waals surface area contributed by atoms with Crippen molar-refractivity contribution in [3.05, 3.63) is 96.1 Å². The number of benzene rings is 2. The zero-order chi connectivity index (χ0) is 20.1. The molecule has 7 heteroatoms. The molecule has 4 rings (SSSR count). The summed E-state index contributed by atoms with van der Waals surface area (Å²) in [7, 11) is 0. The second-order valence-corrected chi connectivity index (χ2v) is 6.29. The zero-order valence-electron chi connectivity index (χ0n) is 15.4. The van der Waals surface area contributed by atoms with Crippen molar-refractivity contribution in [2.45, 2.75) is 6.54 Å². The zero-order valence-corrected chi connectivity index (χ0v) is 15.4. The van der Waals surface area contributed by atoms with Crippen LogP contribution in [0.2, 0.25) is 0 Å². The van der Waals surface area contributed by atoms with Gasteiger partial charge in [-0.2, -0.15) is 5.10 Å². The van der Waals surface area contributed by atoms with Crippen LogP contribution in [0.25, 0.3) is 17.1 Å². The molecule has 29 heavy (non-hydrogen) atoms. The van der Waals surface area contributed by atoms with Gasteiger partial charge < -0.3 is 5.32 Å². The van der Waals surface area contributed by atoms with Crippen molar-refractivity contribution in [2.24, 2.45) is 0 Å². The normalized spacial score (nSPS) is 10.5. The van der Waals surface area contributed by atoms with Gasteiger partial charge in [-0.05, 0) is 42.0 Å². The number of carbonyl (C=O) groups is 2. The molecule has 2 aromatic heterocycles. The fourth-order valence-electron chi connectivity index (χ4n) is 2.83. The molecule has 0 aliphatic rings. The topological polar surface area (TPSA) is 89.8 Å². The third-order valence-corrected chi connectivity index (χ3v) is 4.29. The lowest BCUT2D eigenvalue weighted by atomic mass is 10.1. The maximum absolute atomic E-state index is 12.6.